The Labute approximate surface area is 112 Å². The highest BCUT2D eigenvalue weighted by Crippen LogP contribution is 2.28. The molecule has 0 aliphatic heterocycles. The molecule has 2 unspecified atom stereocenters. The van der Waals surface area contributed by atoms with Crippen LogP contribution in [0.25, 0.3) is 0 Å². The minimum Gasteiger partial charge on any atom is -0.293 e. The van der Waals surface area contributed by atoms with Crippen LogP contribution in [0.15, 0.2) is 11.1 Å². The number of rotatable bonds is 0. The smallest absolute Gasteiger partial charge is 0.205 e. The fourth-order valence-corrected chi connectivity index (χ4v) is 2.18. The molecule has 0 radical (unpaired) electrons. The van der Waals surface area contributed by atoms with Gasteiger partial charge in [-0.25, -0.2) is 0 Å². The summed E-state index contributed by atoms with van der Waals surface area (Å²) in [4.78, 5) is 35.9. The maximum Gasteiger partial charge on any atom is 0.205 e. The first kappa shape index (κ1) is 13.3. The summed E-state index contributed by atoms with van der Waals surface area (Å²) in [6.07, 6.45) is 1.56. The standard InChI is InChI=1S/C16H14O3/c1-10-11(2)16(19)14-9-8-12(17)6-4-3-5-7-13(14)15(10)18/h13-14H,3-4,6H2,1-2H3. The maximum atomic E-state index is 12.2. The largest absolute Gasteiger partial charge is 0.293 e. The fraction of sp³-hybridized carbons (Fsp3) is 0.438. The SMILES string of the molecule is CC1=C(C)C(=O)C2C#CC(=O)CCCC#CC2C1=O. The van der Waals surface area contributed by atoms with Crippen molar-refractivity contribution in [3.8, 4) is 23.7 Å². The third-order valence-electron chi connectivity index (χ3n) is 3.53. The van der Waals surface area contributed by atoms with Gasteiger partial charge in [-0.2, -0.15) is 0 Å². The molecule has 0 bridgehead atoms. The summed E-state index contributed by atoms with van der Waals surface area (Å²) in [5.41, 5.74) is 0.901. The van der Waals surface area contributed by atoms with Gasteiger partial charge in [-0.15, -0.1) is 5.92 Å². The first-order chi connectivity index (χ1) is 9.02. The van der Waals surface area contributed by atoms with E-state index in [4.69, 9.17) is 0 Å². The van der Waals surface area contributed by atoms with E-state index in [1.807, 2.05) is 0 Å². The lowest BCUT2D eigenvalue weighted by molar-refractivity contribution is -0.126. The highest BCUT2D eigenvalue weighted by Gasteiger charge is 2.38. The zero-order valence-corrected chi connectivity index (χ0v) is 11.0. The quantitative estimate of drug-likeness (QED) is 0.486. The Morgan fingerprint density at radius 2 is 1.53 bits per heavy atom. The van der Waals surface area contributed by atoms with Crippen LogP contribution in [0.5, 0.6) is 0 Å². The van der Waals surface area contributed by atoms with E-state index < -0.39 is 11.8 Å². The molecule has 0 amide bonds. The van der Waals surface area contributed by atoms with E-state index in [0.29, 0.717) is 30.4 Å². The molecule has 2 aliphatic carbocycles. The van der Waals surface area contributed by atoms with E-state index in [0.717, 1.165) is 0 Å². The molecule has 0 aromatic heterocycles. The Hall–Kier alpha value is -2.13. The molecular weight excluding hydrogens is 240 g/mol. The number of Topliss-reactive ketones (excluding diaryl/α,β-unsaturated/α-hetero) is 3. The van der Waals surface area contributed by atoms with Gasteiger partial charge in [0.15, 0.2) is 11.6 Å². The van der Waals surface area contributed by atoms with Crippen LogP contribution in [-0.2, 0) is 14.4 Å². The average molecular weight is 254 g/mol. The van der Waals surface area contributed by atoms with Crippen LogP contribution in [0.4, 0.5) is 0 Å². The summed E-state index contributed by atoms with van der Waals surface area (Å²) < 4.78 is 0. The molecule has 0 heterocycles. The van der Waals surface area contributed by atoms with Crippen molar-refractivity contribution >= 4 is 17.3 Å². The zero-order chi connectivity index (χ0) is 14.0. The van der Waals surface area contributed by atoms with Crippen molar-refractivity contribution in [3.05, 3.63) is 11.1 Å². The summed E-state index contributed by atoms with van der Waals surface area (Å²) in [5.74, 6) is 8.90. The molecule has 3 heteroatoms. The topological polar surface area (TPSA) is 51.2 Å². The number of allylic oxidation sites excluding steroid dienone is 2. The van der Waals surface area contributed by atoms with Crippen LogP contribution in [0.3, 0.4) is 0 Å². The average Bonchev–Trinajstić information content (AvgIpc) is 2.40. The van der Waals surface area contributed by atoms with Crippen LogP contribution in [0.1, 0.15) is 33.1 Å². The molecule has 0 fully saturated rings. The molecule has 0 spiro atoms. The number of hydrogen-bond donors (Lipinski definition) is 0. The highest BCUT2D eigenvalue weighted by atomic mass is 16.1. The molecule has 0 aromatic carbocycles. The number of carbonyl (C=O) groups is 3. The lowest BCUT2D eigenvalue weighted by Crippen LogP contribution is -2.35. The van der Waals surface area contributed by atoms with Gasteiger partial charge in [0, 0.05) is 12.8 Å². The van der Waals surface area contributed by atoms with E-state index in [-0.39, 0.29) is 17.3 Å². The monoisotopic (exact) mass is 254 g/mol. The number of fused-ring (bicyclic) bond motifs is 1. The van der Waals surface area contributed by atoms with Gasteiger partial charge in [0.25, 0.3) is 0 Å². The van der Waals surface area contributed by atoms with Gasteiger partial charge in [-0.3, -0.25) is 14.4 Å². The van der Waals surface area contributed by atoms with Crippen molar-refractivity contribution in [1.82, 2.24) is 0 Å². The van der Waals surface area contributed by atoms with Crippen molar-refractivity contribution in [2.45, 2.75) is 33.1 Å². The van der Waals surface area contributed by atoms with Gasteiger partial charge in [0.05, 0.1) is 0 Å². The number of carbonyl (C=O) groups excluding carboxylic acids is 3. The van der Waals surface area contributed by atoms with E-state index >= 15 is 0 Å². The first-order valence-electron chi connectivity index (χ1n) is 6.31. The summed E-state index contributed by atoms with van der Waals surface area (Å²) >= 11 is 0. The van der Waals surface area contributed by atoms with E-state index in [2.05, 4.69) is 23.7 Å². The lowest BCUT2D eigenvalue weighted by atomic mass is 9.75. The number of hydrogen-bond acceptors (Lipinski definition) is 3. The predicted octanol–water partition coefficient (Wildman–Crippen LogP) is 1.47. The summed E-state index contributed by atoms with van der Waals surface area (Å²) in [6, 6.07) is 0. The lowest BCUT2D eigenvalue weighted by Gasteiger charge is -2.23. The van der Waals surface area contributed by atoms with Crippen molar-refractivity contribution in [2.75, 3.05) is 0 Å². The summed E-state index contributed by atoms with van der Waals surface area (Å²) in [5, 5.41) is 0. The second-order valence-corrected chi connectivity index (χ2v) is 4.80. The Balaban J connectivity index is 2.51. The van der Waals surface area contributed by atoms with Gasteiger partial charge in [-0.1, -0.05) is 11.8 Å². The molecule has 2 atom stereocenters. The summed E-state index contributed by atoms with van der Waals surface area (Å²) in [7, 11) is 0. The van der Waals surface area contributed by atoms with E-state index in [9.17, 15) is 14.4 Å². The van der Waals surface area contributed by atoms with Crippen LogP contribution in [-0.4, -0.2) is 17.3 Å². The molecule has 96 valence electrons. The van der Waals surface area contributed by atoms with Crippen molar-refractivity contribution < 1.29 is 14.4 Å². The Kier molecular flexibility index (Phi) is 3.67. The van der Waals surface area contributed by atoms with Crippen molar-refractivity contribution in [2.24, 2.45) is 11.8 Å². The molecule has 2 aliphatic rings. The van der Waals surface area contributed by atoms with Crippen LogP contribution in [0, 0.1) is 35.5 Å². The molecule has 0 saturated heterocycles. The third kappa shape index (κ3) is 2.51. The van der Waals surface area contributed by atoms with Gasteiger partial charge in [-0.05, 0) is 37.3 Å². The fourth-order valence-electron chi connectivity index (χ4n) is 2.18. The predicted molar refractivity (Wildman–Crippen MR) is 69.8 cm³/mol. The van der Waals surface area contributed by atoms with Gasteiger partial charge in [0.1, 0.15) is 11.8 Å². The summed E-state index contributed by atoms with van der Waals surface area (Å²) in [6.45, 7) is 3.27. The Morgan fingerprint density at radius 3 is 2.16 bits per heavy atom. The van der Waals surface area contributed by atoms with Gasteiger partial charge in [0.2, 0.25) is 5.78 Å². The normalized spacial score (nSPS) is 26.9. The van der Waals surface area contributed by atoms with Gasteiger partial charge < -0.3 is 0 Å². The van der Waals surface area contributed by atoms with E-state index in [1.165, 1.54) is 0 Å². The van der Waals surface area contributed by atoms with Crippen LogP contribution >= 0.6 is 0 Å². The minimum absolute atomic E-state index is 0.142. The van der Waals surface area contributed by atoms with E-state index in [1.54, 1.807) is 13.8 Å². The van der Waals surface area contributed by atoms with Crippen molar-refractivity contribution in [3.63, 3.8) is 0 Å². The molecular formula is C16H14O3. The second kappa shape index (κ2) is 5.24. The Bertz CT molecular complexity index is 614. The van der Waals surface area contributed by atoms with Crippen molar-refractivity contribution in [1.29, 1.82) is 0 Å². The first-order valence-corrected chi connectivity index (χ1v) is 6.31. The molecule has 0 aromatic rings. The second-order valence-electron chi connectivity index (χ2n) is 4.80. The van der Waals surface area contributed by atoms with Crippen LogP contribution < -0.4 is 0 Å². The third-order valence-corrected chi connectivity index (χ3v) is 3.53. The van der Waals surface area contributed by atoms with Crippen LogP contribution in [0.2, 0.25) is 0 Å². The maximum absolute atomic E-state index is 12.2. The molecule has 19 heavy (non-hydrogen) atoms. The minimum atomic E-state index is -0.786. The highest BCUT2D eigenvalue weighted by molar-refractivity contribution is 6.15. The Morgan fingerprint density at radius 1 is 0.947 bits per heavy atom. The molecule has 2 rings (SSSR count). The molecule has 0 N–H and O–H groups in total. The zero-order valence-electron chi connectivity index (χ0n) is 11.0. The number of ketones is 3. The molecule has 3 nitrogen and oxygen atoms in total. The molecule has 0 saturated carbocycles. The van der Waals surface area contributed by atoms with Gasteiger partial charge >= 0.3 is 0 Å².